The van der Waals surface area contributed by atoms with Crippen molar-refractivity contribution in [1.82, 2.24) is 5.32 Å². The van der Waals surface area contributed by atoms with Gasteiger partial charge in [0, 0.05) is 0 Å². The molecule has 0 heterocycles. The molecule has 1 rings (SSSR count). The van der Waals surface area contributed by atoms with E-state index >= 15 is 0 Å². The fourth-order valence-electron chi connectivity index (χ4n) is 1.78. The molecule has 20 heavy (non-hydrogen) atoms. The Labute approximate surface area is 118 Å². The van der Waals surface area contributed by atoms with Gasteiger partial charge in [-0.05, 0) is 37.0 Å². The third-order valence-electron chi connectivity index (χ3n) is 2.70. The number of carbonyl (C=O) groups excluding carboxylic acids is 1. The molecule has 5 heteroatoms. The van der Waals surface area contributed by atoms with Crippen molar-refractivity contribution >= 4 is 11.9 Å². The summed E-state index contributed by atoms with van der Waals surface area (Å²) in [5.74, 6) is -0.674. The summed E-state index contributed by atoms with van der Waals surface area (Å²) in [5, 5.41) is 11.5. The summed E-state index contributed by atoms with van der Waals surface area (Å²) in [7, 11) is 0. The molecule has 1 aromatic rings. The Bertz CT molecular complexity index is 471. The molecule has 0 fully saturated rings. The number of carboxylic acid groups (broad SMARTS) is 1. The van der Waals surface area contributed by atoms with Crippen LogP contribution in [0.4, 0.5) is 0 Å². The first-order valence-corrected chi connectivity index (χ1v) is 6.60. The fourth-order valence-corrected chi connectivity index (χ4v) is 1.78. The maximum atomic E-state index is 11.7. The minimum atomic E-state index is -1.03. The number of carboxylic acids is 1. The number of amides is 1. The number of carbonyl (C=O) groups is 2. The molecule has 0 aromatic heterocycles. The van der Waals surface area contributed by atoms with Gasteiger partial charge in [-0.1, -0.05) is 26.0 Å². The zero-order valence-corrected chi connectivity index (χ0v) is 12.1. The largest absolute Gasteiger partial charge is 0.484 e. The van der Waals surface area contributed by atoms with Crippen molar-refractivity contribution in [1.29, 1.82) is 0 Å². The summed E-state index contributed by atoms with van der Waals surface area (Å²) in [6.45, 7) is 5.55. The molecule has 1 amide bonds. The lowest BCUT2D eigenvalue weighted by Crippen LogP contribution is -2.43. The highest BCUT2D eigenvalue weighted by atomic mass is 16.5. The van der Waals surface area contributed by atoms with Crippen molar-refractivity contribution < 1.29 is 19.4 Å². The molecule has 0 saturated carbocycles. The molecule has 2 N–H and O–H groups in total. The molecule has 110 valence electrons. The van der Waals surface area contributed by atoms with Crippen LogP contribution in [0.2, 0.25) is 0 Å². The Morgan fingerprint density at radius 2 is 2.05 bits per heavy atom. The zero-order chi connectivity index (χ0) is 15.1. The summed E-state index contributed by atoms with van der Waals surface area (Å²) >= 11 is 0. The van der Waals surface area contributed by atoms with Crippen LogP contribution in [0.1, 0.15) is 25.8 Å². The molecule has 1 aromatic carbocycles. The van der Waals surface area contributed by atoms with Crippen molar-refractivity contribution in [2.24, 2.45) is 5.92 Å². The monoisotopic (exact) mass is 279 g/mol. The lowest BCUT2D eigenvalue weighted by Gasteiger charge is -2.16. The third kappa shape index (κ3) is 5.73. The number of rotatable bonds is 7. The molecule has 0 aliphatic carbocycles. The molecule has 1 atom stereocenters. The summed E-state index contributed by atoms with van der Waals surface area (Å²) in [6.07, 6.45) is 0.394. The Hall–Kier alpha value is -2.04. The topological polar surface area (TPSA) is 75.6 Å². The minimum Gasteiger partial charge on any atom is -0.484 e. The quantitative estimate of drug-likeness (QED) is 0.800. The van der Waals surface area contributed by atoms with Gasteiger partial charge < -0.3 is 15.2 Å². The van der Waals surface area contributed by atoms with Crippen LogP contribution >= 0.6 is 0 Å². The van der Waals surface area contributed by atoms with E-state index in [2.05, 4.69) is 5.32 Å². The Kier molecular flexibility index (Phi) is 6.03. The predicted molar refractivity (Wildman–Crippen MR) is 75.7 cm³/mol. The second kappa shape index (κ2) is 7.53. The highest BCUT2D eigenvalue weighted by molar-refractivity contribution is 5.84. The van der Waals surface area contributed by atoms with E-state index in [1.165, 1.54) is 0 Å². The normalized spacial score (nSPS) is 12.0. The number of nitrogens with one attached hydrogen (secondary N) is 1. The van der Waals surface area contributed by atoms with Gasteiger partial charge >= 0.3 is 5.97 Å². The van der Waals surface area contributed by atoms with E-state index in [-0.39, 0.29) is 12.5 Å². The van der Waals surface area contributed by atoms with Gasteiger partial charge in [0.05, 0.1) is 0 Å². The van der Waals surface area contributed by atoms with Crippen molar-refractivity contribution in [3.8, 4) is 5.75 Å². The lowest BCUT2D eigenvalue weighted by molar-refractivity contribution is -0.142. The van der Waals surface area contributed by atoms with E-state index in [4.69, 9.17) is 9.84 Å². The summed E-state index contributed by atoms with van der Waals surface area (Å²) in [5.41, 5.74) is 1.03. The van der Waals surface area contributed by atoms with Crippen molar-refractivity contribution in [2.45, 2.75) is 33.2 Å². The van der Waals surface area contributed by atoms with Crippen molar-refractivity contribution in [3.63, 3.8) is 0 Å². The van der Waals surface area contributed by atoms with Crippen LogP contribution in [0.5, 0.6) is 5.75 Å². The second-order valence-electron chi connectivity index (χ2n) is 5.19. The Morgan fingerprint density at radius 1 is 1.35 bits per heavy atom. The molecular formula is C15H21NO4. The first-order chi connectivity index (χ1) is 9.38. The molecule has 5 nitrogen and oxygen atoms in total. The summed E-state index contributed by atoms with van der Waals surface area (Å²) in [6, 6.07) is 6.46. The van der Waals surface area contributed by atoms with Crippen LogP contribution < -0.4 is 10.1 Å². The van der Waals surface area contributed by atoms with Crippen LogP contribution in [-0.2, 0) is 9.59 Å². The number of hydrogen-bond acceptors (Lipinski definition) is 3. The average Bonchev–Trinajstić information content (AvgIpc) is 2.35. The van der Waals surface area contributed by atoms with Gasteiger partial charge in [0.25, 0.3) is 5.91 Å². The summed E-state index contributed by atoms with van der Waals surface area (Å²) in [4.78, 5) is 22.7. The zero-order valence-electron chi connectivity index (χ0n) is 12.1. The van der Waals surface area contributed by atoms with E-state index in [9.17, 15) is 9.59 Å². The first-order valence-electron chi connectivity index (χ1n) is 6.60. The molecule has 0 saturated heterocycles. The van der Waals surface area contributed by atoms with Gasteiger partial charge in [-0.3, -0.25) is 4.79 Å². The maximum absolute atomic E-state index is 11.7. The molecule has 0 aliphatic rings. The van der Waals surface area contributed by atoms with E-state index in [0.29, 0.717) is 12.2 Å². The molecule has 0 spiro atoms. The highest BCUT2D eigenvalue weighted by Crippen LogP contribution is 2.12. The SMILES string of the molecule is Cc1cccc(OCC(=O)NC(CC(C)C)C(=O)O)c1. The number of benzene rings is 1. The van der Waals surface area contributed by atoms with E-state index < -0.39 is 17.9 Å². The van der Waals surface area contributed by atoms with E-state index in [1.54, 1.807) is 6.07 Å². The van der Waals surface area contributed by atoms with E-state index in [1.807, 2.05) is 39.0 Å². The smallest absolute Gasteiger partial charge is 0.326 e. The number of ether oxygens (including phenoxy) is 1. The van der Waals surface area contributed by atoms with Crippen LogP contribution in [0.3, 0.4) is 0 Å². The Morgan fingerprint density at radius 3 is 2.60 bits per heavy atom. The number of aliphatic carboxylic acids is 1. The summed E-state index contributed by atoms with van der Waals surface area (Å²) < 4.78 is 5.33. The maximum Gasteiger partial charge on any atom is 0.326 e. The van der Waals surface area contributed by atoms with Crippen molar-refractivity contribution in [3.05, 3.63) is 29.8 Å². The van der Waals surface area contributed by atoms with Gasteiger partial charge in [-0.2, -0.15) is 0 Å². The number of aryl methyl sites for hydroxylation is 1. The highest BCUT2D eigenvalue weighted by Gasteiger charge is 2.21. The van der Waals surface area contributed by atoms with Crippen LogP contribution in [0, 0.1) is 12.8 Å². The lowest BCUT2D eigenvalue weighted by atomic mass is 10.0. The van der Waals surface area contributed by atoms with E-state index in [0.717, 1.165) is 5.56 Å². The Balaban J connectivity index is 2.47. The minimum absolute atomic E-state index is 0.189. The predicted octanol–water partition coefficient (Wildman–Crippen LogP) is 1.99. The molecule has 1 unspecified atom stereocenters. The van der Waals surface area contributed by atoms with Gasteiger partial charge in [0.2, 0.25) is 0 Å². The third-order valence-corrected chi connectivity index (χ3v) is 2.70. The van der Waals surface area contributed by atoms with Gasteiger partial charge in [-0.15, -0.1) is 0 Å². The second-order valence-corrected chi connectivity index (χ2v) is 5.19. The fraction of sp³-hybridized carbons (Fsp3) is 0.467. The molecule has 0 bridgehead atoms. The molecular weight excluding hydrogens is 258 g/mol. The van der Waals surface area contributed by atoms with Crippen LogP contribution in [-0.4, -0.2) is 29.6 Å². The molecule has 0 radical (unpaired) electrons. The van der Waals surface area contributed by atoms with Gasteiger partial charge in [-0.25, -0.2) is 4.79 Å². The van der Waals surface area contributed by atoms with Crippen molar-refractivity contribution in [2.75, 3.05) is 6.61 Å². The average molecular weight is 279 g/mol. The standard InChI is InChI=1S/C15H21NO4/c1-10(2)7-13(15(18)19)16-14(17)9-20-12-6-4-5-11(3)8-12/h4-6,8,10,13H,7,9H2,1-3H3,(H,16,17)(H,18,19). The number of hydrogen-bond donors (Lipinski definition) is 2. The molecule has 0 aliphatic heterocycles. The van der Waals surface area contributed by atoms with Crippen LogP contribution in [0.15, 0.2) is 24.3 Å². The van der Waals surface area contributed by atoms with Gasteiger partial charge in [0.1, 0.15) is 11.8 Å². The first kappa shape index (κ1) is 16.0. The van der Waals surface area contributed by atoms with Crippen LogP contribution in [0.25, 0.3) is 0 Å². The van der Waals surface area contributed by atoms with Gasteiger partial charge in [0.15, 0.2) is 6.61 Å².